The van der Waals surface area contributed by atoms with Gasteiger partial charge in [-0.3, -0.25) is 0 Å². The van der Waals surface area contributed by atoms with Crippen LogP contribution >= 0.6 is 0 Å². The fourth-order valence-corrected chi connectivity index (χ4v) is 5.69. The number of fused-ring (bicyclic) bond motifs is 1. The molecule has 2 aromatic carbocycles. The van der Waals surface area contributed by atoms with Gasteiger partial charge in [0.2, 0.25) is 0 Å². The Morgan fingerprint density at radius 1 is 1.03 bits per heavy atom. The first-order chi connectivity index (χ1) is 15.8. The lowest BCUT2D eigenvalue weighted by atomic mass is 10.1. The van der Waals surface area contributed by atoms with Crippen LogP contribution in [0.1, 0.15) is 18.4 Å². The zero-order chi connectivity index (χ0) is 23.6. The molecule has 3 atom stereocenters. The van der Waals surface area contributed by atoms with E-state index in [4.69, 9.17) is 19.4 Å². The van der Waals surface area contributed by atoms with Crippen molar-refractivity contribution in [3.05, 3.63) is 60.2 Å². The van der Waals surface area contributed by atoms with E-state index >= 15 is 0 Å². The summed E-state index contributed by atoms with van der Waals surface area (Å²) in [5.74, 6) is 0.542. The summed E-state index contributed by atoms with van der Waals surface area (Å²) in [6, 6.07) is 18.2. The third kappa shape index (κ3) is 5.27. The molecule has 0 spiro atoms. The van der Waals surface area contributed by atoms with Crippen LogP contribution < -0.4 is 9.62 Å². The third-order valence-corrected chi connectivity index (χ3v) is 7.60. The van der Waals surface area contributed by atoms with Crippen LogP contribution in [0.15, 0.2) is 59.0 Å². The second-order valence-corrected chi connectivity index (χ2v) is 9.78. The highest BCUT2D eigenvalue weighted by atomic mass is 32.2. The van der Waals surface area contributed by atoms with Crippen molar-refractivity contribution in [1.29, 1.82) is 0 Å². The number of benzene rings is 2. The normalized spacial score (nSPS) is 23.1. The molecule has 10 nitrogen and oxygen atoms in total. The van der Waals surface area contributed by atoms with Gasteiger partial charge in [-0.25, -0.2) is 4.79 Å². The maximum atomic E-state index is 12.9. The summed E-state index contributed by atoms with van der Waals surface area (Å²) in [5.41, 5.74) is 2.75. The smallest absolute Gasteiger partial charge is 0.450 e. The van der Waals surface area contributed by atoms with Crippen LogP contribution in [0.3, 0.4) is 0 Å². The van der Waals surface area contributed by atoms with Crippen molar-refractivity contribution in [3.63, 3.8) is 0 Å². The average molecular weight is 475 g/mol. The zero-order valence-corrected chi connectivity index (χ0v) is 18.9. The van der Waals surface area contributed by atoms with Crippen molar-refractivity contribution in [2.45, 2.75) is 18.9 Å². The number of carboxylic acid groups (broad SMARTS) is 2. The van der Waals surface area contributed by atoms with Crippen molar-refractivity contribution in [3.8, 4) is 0 Å². The molecule has 1 saturated heterocycles. The molecule has 0 bridgehead atoms. The van der Waals surface area contributed by atoms with E-state index in [1.165, 1.54) is 9.87 Å². The Labute approximate surface area is 191 Å². The number of hydrogen-bond donors (Lipinski definition) is 3. The number of para-hydroxylation sites is 2. The SMILES string of the molecule is C[C@H]1[C@H](NS(=O)(=O)N2CCN(c3nc4ccccc4o3)CC2)[C@H]1c1ccccc1.O=C(O)O. The lowest BCUT2D eigenvalue weighted by molar-refractivity contribution is 0.137. The van der Waals surface area contributed by atoms with E-state index < -0.39 is 16.4 Å². The summed E-state index contributed by atoms with van der Waals surface area (Å²) in [7, 11) is -3.52. The number of aromatic nitrogens is 1. The van der Waals surface area contributed by atoms with Crippen molar-refractivity contribution >= 4 is 33.5 Å². The molecule has 1 aliphatic heterocycles. The minimum absolute atomic E-state index is 0.0440. The maximum absolute atomic E-state index is 12.9. The Balaban J connectivity index is 0.000000601. The van der Waals surface area contributed by atoms with Gasteiger partial charge in [-0.2, -0.15) is 22.4 Å². The van der Waals surface area contributed by atoms with E-state index in [-0.39, 0.29) is 12.0 Å². The molecule has 11 heteroatoms. The Morgan fingerprint density at radius 2 is 1.64 bits per heavy atom. The molecule has 3 N–H and O–H groups in total. The molecule has 2 aliphatic rings. The molecule has 5 rings (SSSR count). The van der Waals surface area contributed by atoms with Crippen LogP contribution in [0.2, 0.25) is 0 Å². The highest BCUT2D eigenvalue weighted by Gasteiger charge is 2.50. The van der Waals surface area contributed by atoms with Gasteiger partial charge < -0.3 is 19.5 Å². The molecule has 1 aromatic heterocycles. The van der Waals surface area contributed by atoms with Crippen LogP contribution in [0, 0.1) is 5.92 Å². The fourth-order valence-electron chi connectivity index (χ4n) is 4.19. The minimum atomic E-state index is -3.52. The maximum Gasteiger partial charge on any atom is 0.503 e. The van der Waals surface area contributed by atoms with E-state index in [1.807, 2.05) is 47.4 Å². The van der Waals surface area contributed by atoms with Crippen LogP contribution in [-0.4, -0.2) is 66.3 Å². The molecule has 0 radical (unpaired) electrons. The van der Waals surface area contributed by atoms with Crippen LogP contribution in [-0.2, 0) is 10.2 Å². The van der Waals surface area contributed by atoms with Gasteiger partial charge in [0.25, 0.3) is 16.2 Å². The lowest BCUT2D eigenvalue weighted by Crippen LogP contribution is -2.52. The number of nitrogens with one attached hydrogen (secondary N) is 1. The van der Waals surface area contributed by atoms with E-state index in [0.29, 0.717) is 38.1 Å². The summed E-state index contributed by atoms with van der Waals surface area (Å²) in [4.78, 5) is 15.1. The van der Waals surface area contributed by atoms with E-state index in [1.54, 1.807) is 0 Å². The first kappa shape index (κ1) is 23.0. The van der Waals surface area contributed by atoms with Crippen LogP contribution in [0.5, 0.6) is 0 Å². The first-order valence-corrected chi connectivity index (χ1v) is 12.0. The largest absolute Gasteiger partial charge is 0.503 e. The van der Waals surface area contributed by atoms with Crippen molar-refractivity contribution in [2.24, 2.45) is 5.92 Å². The summed E-state index contributed by atoms with van der Waals surface area (Å²) in [6.07, 6.45) is -1.83. The van der Waals surface area contributed by atoms with Crippen molar-refractivity contribution in [1.82, 2.24) is 14.0 Å². The second-order valence-electron chi connectivity index (χ2n) is 8.08. The van der Waals surface area contributed by atoms with E-state index in [9.17, 15) is 8.42 Å². The second kappa shape index (κ2) is 9.38. The Bertz CT molecular complexity index is 1170. The molecule has 2 fully saturated rings. The van der Waals surface area contributed by atoms with Crippen molar-refractivity contribution in [2.75, 3.05) is 31.1 Å². The number of anilines is 1. The first-order valence-electron chi connectivity index (χ1n) is 10.6. The van der Waals surface area contributed by atoms with Crippen LogP contribution in [0.25, 0.3) is 11.1 Å². The number of oxazole rings is 1. The van der Waals surface area contributed by atoms with Gasteiger partial charge in [-0.1, -0.05) is 49.4 Å². The number of piperazine rings is 1. The number of nitrogens with zero attached hydrogens (tertiary/aromatic N) is 3. The monoisotopic (exact) mass is 474 g/mol. The molecular formula is C22H26N4O6S. The lowest BCUT2D eigenvalue weighted by Gasteiger charge is -2.33. The topological polar surface area (TPSA) is 136 Å². The predicted molar refractivity (Wildman–Crippen MR) is 123 cm³/mol. The molecule has 0 unspecified atom stereocenters. The van der Waals surface area contributed by atoms with Gasteiger partial charge in [0.1, 0.15) is 5.52 Å². The van der Waals surface area contributed by atoms with Gasteiger partial charge in [0, 0.05) is 38.1 Å². The standard InChI is InChI=1S/C21H24N4O3S.CH2O3/c1-15-19(16-7-3-2-4-8-16)20(15)23-29(26,27)25-13-11-24(12-14-25)21-22-17-9-5-6-10-18(17)28-21;2-1(3)4/h2-10,15,19-20,23H,11-14H2,1H3;(H2,2,3,4)/t15-,19-,20+;/m1./s1. The fraction of sp³-hybridized carbons (Fsp3) is 0.364. The summed E-state index contributed by atoms with van der Waals surface area (Å²) >= 11 is 0. The number of hydrogen-bond acceptors (Lipinski definition) is 6. The molecule has 1 aliphatic carbocycles. The van der Waals surface area contributed by atoms with Gasteiger partial charge in [-0.15, -0.1) is 0 Å². The van der Waals surface area contributed by atoms with Gasteiger partial charge in [-0.05, 0) is 23.6 Å². The zero-order valence-electron chi connectivity index (χ0n) is 18.0. The van der Waals surface area contributed by atoms with Gasteiger partial charge >= 0.3 is 6.16 Å². The summed E-state index contributed by atoms with van der Waals surface area (Å²) < 4.78 is 36.1. The molecule has 33 heavy (non-hydrogen) atoms. The highest BCUT2D eigenvalue weighted by Crippen LogP contribution is 2.47. The van der Waals surface area contributed by atoms with E-state index in [0.717, 1.165) is 11.1 Å². The molecule has 1 saturated carbocycles. The van der Waals surface area contributed by atoms with Gasteiger partial charge in [0.15, 0.2) is 5.58 Å². The van der Waals surface area contributed by atoms with E-state index in [2.05, 4.69) is 28.8 Å². The molecule has 2 heterocycles. The summed E-state index contributed by atoms with van der Waals surface area (Å²) in [5, 5.41) is 13.9. The quantitative estimate of drug-likeness (QED) is 0.514. The average Bonchev–Trinajstić information content (AvgIpc) is 3.21. The Kier molecular flexibility index (Phi) is 6.54. The Morgan fingerprint density at radius 3 is 2.27 bits per heavy atom. The summed E-state index contributed by atoms with van der Waals surface area (Å²) in [6.45, 7) is 4.01. The van der Waals surface area contributed by atoms with Gasteiger partial charge in [0.05, 0.1) is 0 Å². The third-order valence-electron chi connectivity index (χ3n) is 5.98. The molecule has 176 valence electrons. The van der Waals surface area contributed by atoms with Crippen molar-refractivity contribution < 1.29 is 27.8 Å². The number of carbonyl (C=O) groups is 1. The number of rotatable bonds is 5. The molecular weight excluding hydrogens is 448 g/mol. The molecule has 3 aromatic rings. The highest BCUT2D eigenvalue weighted by molar-refractivity contribution is 7.87. The Hall–Kier alpha value is -3.15. The van der Waals surface area contributed by atoms with Crippen LogP contribution in [0.4, 0.5) is 10.8 Å². The molecule has 0 amide bonds. The minimum Gasteiger partial charge on any atom is -0.450 e. The predicted octanol–water partition coefficient (Wildman–Crippen LogP) is 2.81.